The number of rotatable bonds is 5. The van der Waals surface area contributed by atoms with E-state index in [9.17, 15) is 17.4 Å². The Morgan fingerprint density at radius 3 is 2.53 bits per heavy atom. The number of nitrogens with one attached hydrogen (secondary N) is 1. The summed E-state index contributed by atoms with van der Waals surface area (Å²) in [4.78, 5) is 13.2. The zero-order chi connectivity index (χ0) is 23.9. The van der Waals surface area contributed by atoms with Crippen molar-refractivity contribution >= 4 is 44.1 Å². The molecule has 5 rings (SSSR count). The Balaban J connectivity index is 1.42. The minimum absolute atomic E-state index is 0.117. The highest BCUT2D eigenvalue weighted by molar-refractivity contribution is 7.89. The van der Waals surface area contributed by atoms with Crippen LogP contribution in [-0.2, 0) is 37.1 Å². The molecule has 0 saturated carbocycles. The maximum Gasteiger partial charge on any atom is 0.256 e. The zero-order valence-electron chi connectivity index (χ0n) is 17.9. The van der Waals surface area contributed by atoms with Gasteiger partial charge in [0.2, 0.25) is 10.0 Å². The fourth-order valence-corrected chi connectivity index (χ4v) is 6.80. The number of halogens is 1. The first-order chi connectivity index (χ1) is 16.3. The molecule has 1 saturated heterocycles. The van der Waals surface area contributed by atoms with Gasteiger partial charge < -0.3 is 10.1 Å². The normalized spacial score (nSPS) is 18.6. The van der Waals surface area contributed by atoms with Gasteiger partial charge >= 0.3 is 0 Å². The number of ether oxygens (including phenoxy) is 1. The smallest absolute Gasteiger partial charge is 0.256 e. The fourth-order valence-electron chi connectivity index (χ4n) is 3.94. The van der Waals surface area contributed by atoms with Gasteiger partial charge in [-0.2, -0.15) is 9.40 Å². The molecule has 0 spiro atoms. The summed E-state index contributed by atoms with van der Waals surface area (Å²) in [7, 11) is -4.73. The summed E-state index contributed by atoms with van der Waals surface area (Å²) >= 11 is 6.14. The Morgan fingerprint density at radius 2 is 1.82 bits per heavy atom. The minimum Gasteiger partial charge on any atom is -0.379 e. The first-order valence-electron chi connectivity index (χ1n) is 10.5. The van der Waals surface area contributed by atoms with E-state index in [0.717, 1.165) is 5.56 Å². The molecule has 1 aromatic heterocycles. The van der Waals surface area contributed by atoms with Crippen LogP contribution in [0.3, 0.4) is 0 Å². The van der Waals surface area contributed by atoms with Gasteiger partial charge in [-0.3, -0.25) is 9.00 Å². The molecule has 0 radical (unpaired) electrons. The number of aromatic nitrogens is 2. The number of benzene rings is 2. The molecule has 3 aromatic rings. The Kier molecular flexibility index (Phi) is 6.30. The molecule has 2 aliphatic rings. The molecule has 0 aliphatic carbocycles. The Morgan fingerprint density at radius 1 is 1.09 bits per heavy atom. The van der Waals surface area contributed by atoms with Crippen LogP contribution in [0.15, 0.2) is 53.4 Å². The van der Waals surface area contributed by atoms with E-state index in [4.69, 9.17) is 16.3 Å². The summed E-state index contributed by atoms with van der Waals surface area (Å²) in [6.45, 7) is 1.30. The fraction of sp³-hybridized carbons (Fsp3) is 0.273. The molecule has 2 aromatic carbocycles. The van der Waals surface area contributed by atoms with Gasteiger partial charge in [0.05, 0.1) is 41.0 Å². The van der Waals surface area contributed by atoms with Crippen molar-refractivity contribution in [2.24, 2.45) is 0 Å². The van der Waals surface area contributed by atoms with E-state index in [2.05, 4.69) is 10.4 Å². The van der Waals surface area contributed by atoms with E-state index < -0.39 is 26.7 Å². The van der Waals surface area contributed by atoms with E-state index in [0.29, 0.717) is 60.0 Å². The van der Waals surface area contributed by atoms with Gasteiger partial charge in [0.25, 0.3) is 5.91 Å². The van der Waals surface area contributed by atoms with E-state index in [1.807, 2.05) is 6.07 Å². The molecule has 1 N–H and O–H groups in total. The lowest BCUT2D eigenvalue weighted by Gasteiger charge is -2.26. The lowest BCUT2D eigenvalue weighted by molar-refractivity contribution is 0.0730. The average Bonchev–Trinajstić information content (AvgIpc) is 3.36. The van der Waals surface area contributed by atoms with Gasteiger partial charge in [0, 0.05) is 40.0 Å². The number of fused-ring (bicyclic) bond motifs is 1. The second kappa shape index (κ2) is 9.23. The predicted molar refractivity (Wildman–Crippen MR) is 128 cm³/mol. The molecule has 178 valence electrons. The van der Waals surface area contributed by atoms with E-state index in [1.54, 1.807) is 22.9 Å². The second-order valence-electron chi connectivity index (χ2n) is 7.89. The van der Waals surface area contributed by atoms with Crippen molar-refractivity contribution in [3.63, 3.8) is 0 Å². The first kappa shape index (κ1) is 23.2. The number of carbonyl (C=O) groups is 1. The largest absolute Gasteiger partial charge is 0.379 e. The number of hydrogen-bond acceptors (Lipinski definition) is 6. The van der Waals surface area contributed by atoms with Crippen LogP contribution in [0.5, 0.6) is 0 Å². The topological polar surface area (TPSA) is 111 Å². The Bertz CT molecular complexity index is 1380. The van der Waals surface area contributed by atoms with Gasteiger partial charge in [0.1, 0.15) is 5.82 Å². The van der Waals surface area contributed by atoms with Crippen LogP contribution in [0, 0.1) is 0 Å². The van der Waals surface area contributed by atoms with Gasteiger partial charge in [-0.15, -0.1) is 0 Å². The molecule has 2 aliphatic heterocycles. The van der Waals surface area contributed by atoms with Crippen molar-refractivity contribution < 1.29 is 22.2 Å². The lowest BCUT2D eigenvalue weighted by Crippen LogP contribution is -2.40. The third-order valence-electron chi connectivity index (χ3n) is 5.68. The molecular formula is C22H21ClN4O5S2. The Hall–Kier alpha value is -2.57. The van der Waals surface area contributed by atoms with E-state index in [1.165, 1.54) is 28.6 Å². The van der Waals surface area contributed by atoms with Crippen LogP contribution in [-0.4, -0.2) is 58.9 Å². The van der Waals surface area contributed by atoms with Crippen molar-refractivity contribution in [3.8, 4) is 5.69 Å². The standard InChI is InChI=1S/C22H21ClN4O5S2/c23-16-2-1-3-17(12-16)27-21(19-13-33(29)14-20(19)25-27)24-22(28)15-4-6-18(7-5-15)34(30,31)26-8-10-32-11-9-26/h1-7,12H,8-11,13-14H2,(H,24,28). The third kappa shape index (κ3) is 4.41. The minimum atomic E-state index is -3.65. The quantitative estimate of drug-likeness (QED) is 0.553. The molecule has 3 heterocycles. The van der Waals surface area contributed by atoms with Crippen LogP contribution in [0.2, 0.25) is 5.02 Å². The van der Waals surface area contributed by atoms with Gasteiger partial charge in [-0.05, 0) is 42.5 Å². The van der Waals surface area contributed by atoms with Crippen molar-refractivity contribution in [1.29, 1.82) is 0 Å². The van der Waals surface area contributed by atoms with Crippen LogP contribution in [0.4, 0.5) is 5.82 Å². The molecule has 34 heavy (non-hydrogen) atoms. The SMILES string of the molecule is O=C(Nc1c2c(nn1-c1cccc(Cl)c1)CS(=O)C2)c1ccc(S(=O)(=O)N2CCOCC2)cc1. The van der Waals surface area contributed by atoms with Crippen LogP contribution in [0.1, 0.15) is 21.6 Å². The molecule has 1 amide bonds. The summed E-state index contributed by atoms with van der Waals surface area (Å²) in [5.41, 5.74) is 2.33. The number of carbonyl (C=O) groups excluding carboxylic acids is 1. The number of amides is 1. The Labute approximate surface area is 204 Å². The van der Waals surface area contributed by atoms with Crippen molar-refractivity contribution in [3.05, 3.63) is 70.4 Å². The monoisotopic (exact) mass is 520 g/mol. The van der Waals surface area contributed by atoms with Gasteiger partial charge in [-0.25, -0.2) is 13.1 Å². The van der Waals surface area contributed by atoms with Crippen molar-refractivity contribution in [2.45, 2.75) is 16.4 Å². The molecule has 0 bridgehead atoms. The van der Waals surface area contributed by atoms with Crippen molar-refractivity contribution in [2.75, 3.05) is 31.6 Å². The summed E-state index contributed by atoms with van der Waals surface area (Å²) in [5.74, 6) is 0.611. The van der Waals surface area contributed by atoms with E-state index in [-0.39, 0.29) is 10.5 Å². The maximum atomic E-state index is 13.1. The second-order valence-corrected chi connectivity index (χ2v) is 11.7. The van der Waals surface area contributed by atoms with Gasteiger partial charge in [0.15, 0.2) is 0 Å². The molecule has 1 fully saturated rings. The summed E-state index contributed by atoms with van der Waals surface area (Å²) in [5, 5.41) is 7.95. The highest BCUT2D eigenvalue weighted by Crippen LogP contribution is 2.32. The number of hydrogen-bond donors (Lipinski definition) is 1. The predicted octanol–water partition coefficient (Wildman–Crippen LogP) is 2.56. The third-order valence-corrected chi connectivity index (χ3v) is 9.03. The molecule has 1 atom stereocenters. The lowest BCUT2D eigenvalue weighted by atomic mass is 10.2. The molecular weight excluding hydrogens is 500 g/mol. The zero-order valence-corrected chi connectivity index (χ0v) is 20.3. The molecule has 12 heteroatoms. The van der Waals surface area contributed by atoms with Crippen LogP contribution in [0.25, 0.3) is 5.69 Å². The van der Waals surface area contributed by atoms with Crippen LogP contribution < -0.4 is 5.32 Å². The number of morpholine rings is 1. The first-order valence-corrected chi connectivity index (χ1v) is 13.8. The maximum absolute atomic E-state index is 13.1. The van der Waals surface area contributed by atoms with Crippen molar-refractivity contribution in [1.82, 2.24) is 14.1 Å². The van der Waals surface area contributed by atoms with E-state index >= 15 is 0 Å². The number of anilines is 1. The number of nitrogens with zero attached hydrogens (tertiary/aromatic N) is 3. The molecule has 9 nitrogen and oxygen atoms in total. The average molecular weight is 521 g/mol. The van der Waals surface area contributed by atoms with Gasteiger partial charge in [-0.1, -0.05) is 17.7 Å². The number of sulfonamides is 1. The molecule has 1 unspecified atom stereocenters. The van der Waals surface area contributed by atoms with Crippen LogP contribution >= 0.6 is 11.6 Å². The summed E-state index contributed by atoms with van der Waals surface area (Å²) in [6.07, 6.45) is 0. The highest BCUT2D eigenvalue weighted by atomic mass is 35.5. The summed E-state index contributed by atoms with van der Waals surface area (Å²) < 4.78 is 45.9. The highest BCUT2D eigenvalue weighted by Gasteiger charge is 2.29. The summed E-state index contributed by atoms with van der Waals surface area (Å²) in [6, 6.07) is 12.8.